The van der Waals surface area contributed by atoms with E-state index in [1.807, 2.05) is 38.1 Å². The van der Waals surface area contributed by atoms with Gasteiger partial charge in [0.2, 0.25) is 5.91 Å². The van der Waals surface area contributed by atoms with E-state index < -0.39 is 0 Å². The molecule has 1 aliphatic rings. The van der Waals surface area contributed by atoms with Crippen molar-refractivity contribution in [1.29, 1.82) is 0 Å². The van der Waals surface area contributed by atoms with Crippen molar-refractivity contribution in [3.8, 4) is 16.3 Å². The molecule has 1 fully saturated rings. The molecule has 2 N–H and O–H groups in total. The van der Waals surface area contributed by atoms with Crippen molar-refractivity contribution in [3.05, 3.63) is 34.8 Å². The van der Waals surface area contributed by atoms with Crippen LogP contribution in [-0.4, -0.2) is 31.1 Å². The summed E-state index contributed by atoms with van der Waals surface area (Å²) < 4.78 is 5.18. The van der Waals surface area contributed by atoms with Gasteiger partial charge in [0.1, 0.15) is 10.8 Å². The van der Waals surface area contributed by atoms with Crippen LogP contribution in [0.2, 0.25) is 0 Å². The Morgan fingerprint density at radius 3 is 2.58 bits per heavy atom. The number of nitrogens with zero attached hydrogens (tertiary/aromatic N) is 1. The maximum Gasteiger partial charge on any atom is 0.226 e. The lowest BCUT2D eigenvalue weighted by atomic mass is 10.0. The van der Waals surface area contributed by atoms with E-state index >= 15 is 0 Å². The summed E-state index contributed by atoms with van der Waals surface area (Å²) in [6.07, 6.45) is 0. The quantitative estimate of drug-likeness (QED) is 0.852. The Labute approximate surface area is 152 Å². The highest BCUT2D eigenvalue weighted by Crippen LogP contribution is 2.32. The van der Waals surface area contributed by atoms with E-state index in [0.29, 0.717) is 0 Å². The average Bonchev–Trinajstić information content (AvgIpc) is 2.87. The number of amides is 1. The van der Waals surface area contributed by atoms with Gasteiger partial charge in [0.15, 0.2) is 0 Å². The summed E-state index contributed by atoms with van der Waals surface area (Å²) >= 11 is 1.63. The van der Waals surface area contributed by atoms with E-state index in [2.05, 4.69) is 15.6 Å². The van der Waals surface area contributed by atoms with Gasteiger partial charge in [-0.25, -0.2) is 4.98 Å². The fraction of sp³-hybridized carbons (Fsp3) is 0.412. The van der Waals surface area contributed by atoms with Crippen molar-refractivity contribution in [2.24, 2.45) is 5.92 Å². The number of aromatic nitrogens is 1. The summed E-state index contributed by atoms with van der Waals surface area (Å²) in [4.78, 5) is 17.9. The van der Waals surface area contributed by atoms with Crippen molar-refractivity contribution in [3.63, 3.8) is 0 Å². The van der Waals surface area contributed by atoms with Gasteiger partial charge in [0.25, 0.3) is 0 Å². The molecular formula is C17H22ClN3O2S. The lowest BCUT2D eigenvalue weighted by Crippen LogP contribution is -2.51. The predicted octanol–water partition coefficient (Wildman–Crippen LogP) is 2.95. The fourth-order valence-corrected chi connectivity index (χ4v) is 3.61. The Morgan fingerprint density at radius 1 is 1.38 bits per heavy atom. The summed E-state index contributed by atoms with van der Waals surface area (Å²) in [5, 5.41) is 7.18. The average molecular weight is 368 g/mol. The van der Waals surface area contributed by atoms with E-state index in [1.165, 1.54) is 0 Å². The van der Waals surface area contributed by atoms with Crippen LogP contribution in [0.4, 0.5) is 0 Å². The predicted molar refractivity (Wildman–Crippen MR) is 99.0 cm³/mol. The molecule has 2 heterocycles. The normalized spacial score (nSPS) is 15.1. The molecule has 0 bridgehead atoms. The van der Waals surface area contributed by atoms with E-state index in [9.17, 15) is 4.79 Å². The van der Waals surface area contributed by atoms with Crippen LogP contribution >= 0.6 is 23.7 Å². The number of benzene rings is 1. The molecule has 3 rings (SSSR count). The zero-order chi connectivity index (χ0) is 16.4. The Balaban J connectivity index is 0.00000208. The summed E-state index contributed by atoms with van der Waals surface area (Å²) in [5.74, 6) is 1.05. The van der Waals surface area contributed by atoms with Crippen LogP contribution in [0.25, 0.3) is 10.6 Å². The maximum atomic E-state index is 12.1. The highest BCUT2D eigenvalue weighted by molar-refractivity contribution is 7.15. The Bertz CT molecular complexity index is 698. The van der Waals surface area contributed by atoms with Gasteiger partial charge in [-0.3, -0.25) is 4.79 Å². The third-order valence-electron chi connectivity index (χ3n) is 4.07. The number of thiazole rings is 1. The third kappa shape index (κ3) is 3.88. The fourth-order valence-electron chi connectivity index (χ4n) is 2.54. The molecule has 0 spiro atoms. The molecule has 2 aromatic rings. The number of hydrogen-bond acceptors (Lipinski definition) is 5. The Hall–Kier alpha value is -1.63. The number of nitrogens with one attached hydrogen (secondary N) is 2. The Kier molecular flexibility index (Phi) is 6.21. The van der Waals surface area contributed by atoms with Crippen LogP contribution in [0, 0.1) is 12.8 Å². The van der Waals surface area contributed by atoms with Crippen molar-refractivity contribution in [1.82, 2.24) is 15.6 Å². The topological polar surface area (TPSA) is 63.2 Å². The number of hydrogen-bond donors (Lipinski definition) is 2. The van der Waals surface area contributed by atoms with Crippen molar-refractivity contribution in [2.45, 2.75) is 19.9 Å². The van der Waals surface area contributed by atoms with Crippen LogP contribution in [0.5, 0.6) is 5.75 Å². The molecule has 0 saturated carbocycles. The molecule has 7 heteroatoms. The first-order valence-corrected chi connectivity index (χ1v) is 8.53. The van der Waals surface area contributed by atoms with Crippen LogP contribution in [0.3, 0.4) is 0 Å². The lowest BCUT2D eigenvalue weighted by Gasteiger charge is -2.27. The highest BCUT2D eigenvalue weighted by atomic mass is 35.5. The minimum absolute atomic E-state index is 0. The molecule has 130 valence electrons. The summed E-state index contributed by atoms with van der Waals surface area (Å²) in [6, 6.07) is 7.85. The lowest BCUT2D eigenvalue weighted by molar-refractivity contribution is -0.127. The first kappa shape index (κ1) is 18.7. The SMILES string of the molecule is COc1ccc(-c2nc(C)c(C(C)NC(=O)C3CNC3)s2)cc1.Cl. The molecule has 1 amide bonds. The summed E-state index contributed by atoms with van der Waals surface area (Å²) in [5.41, 5.74) is 2.03. The molecule has 1 aromatic carbocycles. The molecule has 1 aliphatic heterocycles. The first-order valence-electron chi connectivity index (χ1n) is 7.71. The van der Waals surface area contributed by atoms with Crippen LogP contribution < -0.4 is 15.4 Å². The van der Waals surface area contributed by atoms with Gasteiger partial charge in [-0.05, 0) is 38.1 Å². The van der Waals surface area contributed by atoms with E-state index in [0.717, 1.165) is 40.0 Å². The van der Waals surface area contributed by atoms with E-state index in [-0.39, 0.29) is 30.3 Å². The first-order chi connectivity index (χ1) is 11.1. The molecule has 0 aliphatic carbocycles. The second-order valence-electron chi connectivity index (χ2n) is 5.78. The number of carbonyl (C=O) groups excluding carboxylic acids is 1. The summed E-state index contributed by atoms with van der Waals surface area (Å²) in [7, 11) is 1.66. The summed E-state index contributed by atoms with van der Waals surface area (Å²) in [6.45, 7) is 5.56. The Morgan fingerprint density at radius 2 is 2.04 bits per heavy atom. The standard InChI is InChI=1S/C17H21N3O2S.ClH/c1-10(19-16(21)13-8-18-9-13)15-11(2)20-17(23-15)12-4-6-14(22-3)7-5-12;/h4-7,10,13,18H,8-9H2,1-3H3,(H,19,21);1H. The maximum absolute atomic E-state index is 12.1. The van der Waals surface area contributed by atoms with Gasteiger partial charge in [-0.1, -0.05) is 0 Å². The molecule has 24 heavy (non-hydrogen) atoms. The molecule has 1 unspecified atom stereocenters. The number of ether oxygens (including phenoxy) is 1. The van der Waals surface area contributed by atoms with E-state index in [4.69, 9.17) is 4.74 Å². The molecular weight excluding hydrogens is 346 g/mol. The molecule has 1 aromatic heterocycles. The van der Waals surface area contributed by atoms with Crippen LogP contribution in [0.15, 0.2) is 24.3 Å². The smallest absolute Gasteiger partial charge is 0.226 e. The number of rotatable bonds is 5. The van der Waals surface area contributed by atoms with Gasteiger partial charge in [0, 0.05) is 18.7 Å². The van der Waals surface area contributed by atoms with Gasteiger partial charge >= 0.3 is 0 Å². The van der Waals surface area contributed by atoms with Crippen LogP contribution in [0.1, 0.15) is 23.5 Å². The number of aryl methyl sites for hydroxylation is 1. The number of carbonyl (C=O) groups is 1. The minimum Gasteiger partial charge on any atom is -0.497 e. The van der Waals surface area contributed by atoms with E-state index in [1.54, 1.807) is 18.4 Å². The molecule has 0 radical (unpaired) electrons. The second-order valence-corrected chi connectivity index (χ2v) is 6.81. The zero-order valence-electron chi connectivity index (χ0n) is 14.0. The van der Waals surface area contributed by atoms with Crippen molar-refractivity contribution < 1.29 is 9.53 Å². The van der Waals surface area contributed by atoms with Gasteiger partial charge in [-0.2, -0.15) is 0 Å². The van der Waals surface area contributed by atoms with Gasteiger partial charge in [0.05, 0.1) is 29.6 Å². The van der Waals surface area contributed by atoms with Crippen LogP contribution in [-0.2, 0) is 4.79 Å². The molecule has 5 nitrogen and oxygen atoms in total. The third-order valence-corrected chi connectivity index (χ3v) is 5.46. The van der Waals surface area contributed by atoms with Crippen molar-refractivity contribution in [2.75, 3.05) is 20.2 Å². The van der Waals surface area contributed by atoms with Gasteiger partial charge in [-0.15, -0.1) is 23.7 Å². The molecule has 1 saturated heterocycles. The number of halogens is 1. The number of methoxy groups -OCH3 is 1. The second kappa shape index (κ2) is 7.96. The van der Waals surface area contributed by atoms with Gasteiger partial charge < -0.3 is 15.4 Å². The minimum atomic E-state index is -0.0207. The molecule has 1 atom stereocenters. The highest BCUT2D eigenvalue weighted by Gasteiger charge is 2.27. The monoisotopic (exact) mass is 367 g/mol. The van der Waals surface area contributed by atoms with Crippen molar-refractivity contribution >= 4 is 29.7 Å². The zero-order valence-corrected chi connectivity index (χ0v) is 15.6. The largest absolute Gasteiger partial charge is 0.497 e.